The molecule has 7 nitrogen and oxygen atoms in total. The van der Waals surface area contributed by atoms with Gasteiger partial charge in [-0.2, -0.15) is 13.2 Å². The third-order valence-corrected chi connectivity index (χ3v) is 4.08. The Kier molecular flexibility index (Phi) is 9.27. The number of halogens is 4. The molecule has 0 bridgehead atoms. The Balaban J connectivity index is 0.00000392. The Hall–Kier alpha value is -1.76. The van der Waals surface area contributed by atoms with E-state index in [1.807, 2.05) is 36.0 Å². The quantitative estimate of drug-likeness (QED) is 0.287. The van der Waals surface area contributed by atoms with Gasteiger partial charge in [-0.25, -0.2) is 4.98 Å². The number of nitrogens with zero attached hydrogens (tertiary/aromatic N) is 4. The molecule has 158 valence electrons. The van der Waals surface area contributed by atoms with Crippen LogP contribution in [-0.4, -0.2) is 51.0 Å². The van der Waals surface area contributed by atoms with Crippen molar-refractivity contribution < 1.29 is 18.3 Å². The highest BCUT2D eigenvalue weighted by molar-refractivity contribution is 14.0. The number of hydrogen-bond acceptors (Lipinski definition) is 3. The lowest BCUT2D eigenvalue weighted by Gasteiger charge is -2.29. The first-order valence-corrected chi connectivity index (χ1v) is 8.67. The minimum absolute atomic E-state index is 0. The normalized spacial score (nSPS) is 14.3. The van der Waals surface area contributed by atoms with E-state index in [1.165, 1.54) is 19.4 Å². The van der Waals surface area contributed by atoms with Gasteiger partial charge in [-0.05, 0) is 19.1 Å². The number of imidazole rings is 1. The summed E-state index contributed by atoms with van der Waals surface area (Å²) in [6.07, 6.45) is 0.936. The molecule has 1 atom stereocenters. The van der Waals surface area contributed by atoms with Crippen LogP contribution in [0.4, 0.5) is 13.2 Å². The molecule has 0 fully saturated rings. The highest BCUT2D eigenvalue weighted by Crippen LogP contribution is 2.40. The average molecular weight is 514 g/mol. The van der Waals surface area contributed by atoms with Crippen LogP contribution in [0.25, 0.3) is 0 Å². The number of alkyl halides is 3. The van der Waals surface area contributed by atoms with Gasteiger partial charge < -0.3 is 24.9 Å². The SMILES string of the molecule is CCNC(=NCCC(O)(c1nccn1C)C(F)(F)F)NCCn1cccc1.I. The zero-order valence-electron chi connectivity index (χ0n) is 15.8. The Bertz CT molecular complexity index is 732. The third-order valence-electron chi connectivity index (χ3n) is 4.08. The molecule has 2 rings (SSSR count). The van der Waals surface area contributed by atoms with Gasteiger partial charge in [-0.3, -0.25) is 4.99 Å². The molecule has 11 heteroatoms. The molecule has 0 saturated heterocycles. The Morgan fingerprint density at radius 1 is 1.21 bits per heavy atom. The van der Waals surface area contributed by atoms with Gasteiger partial charge >= 0.3 is 6.18 Å². The van der Waals surface area contributed by atoms with Crippen LogP contribution in [-0.2, 0) is 19.2 Å². The summed E-state index contributed by atoms with van der Waals surface area (Å²) in [6, 6.07) is 3.82. The molecule has 28 heavy (non-hydrogen) atoms. The zero-order chi connectivity index (χ0) is 19.9. The molecule has 0 saturated carbocycles. The van der Waals surface area contributed by atoms with Crippen molar-refractivity contribution in [2.24, 2.45) is 12.0 Å². The third kappa shape index (κ3) is 6.12. The van der Waals surface area contributed by atoms with Crippen molar-refractivity contribution in [2.45, 2.75) is 31.7 Å². The Labute approximate surface area is 179 Å². The van der Waals surface area contributed by atoms with E-state index in [1.54, 1.807) is 0 Å². The van der Waals surface area contributed by atoms with Gasteiger partial charge in [-0.1, -0.05) is 0 Å². The monoisotopic (exact) mass is 514 g/mol. The van der Waals surface area contributed by atoms with Gasteiger partial charge in [0.1, 0.15) is 5.82 Å². The predicted molar refractivity (Wildman–Crippen MR) is 112 cm³/mol. The van der Waals surface area contributed by atoms with Crippen molar-refractivity contribution in [3.05, 3.63) is 42.7 Å². The maximum Gasteiger partial charge on any atom is 0.424 e. The van der Waals surface area contributed by atoms with E-state index in [2.05, 4.69) is 20.6 Å². The molecular weight excluding hydrogens is 488 g/mol. The average Bonchev–Trinajstić information content (AvgIpc) is 3.25. The molecule has 0 radical (unpaired) electrons. The van der Waals surface area contributed by atoms with Crippen molar-refractivity contribution in [1.29, 1.82) is 0 Å². The summed E-state index contributed by atoms with van der Waals surface area (Å²) >= 11 is 0. The lowest BCUT2D eigenvalue weighted by Crippen LogP contribution is -2.45. The van der Waals surface area contributed by atoms with Gasteiger partial charge in [0.05, 0.1) is 0 Å². The van der Waals surface area contributed by atoms with E-state index >= 15 is 0 Å². The first-order valence-electron chi connectivity index (χ1n) is 8.67. The van der Waals surface area contributed by atoms with Crippen LogP contribution in [0.2, 0.25) is 0 Å². The maximum atomic E-state index is 13.5. The van der Waals surface area contributed by atoms with E-state index < -0.39 is 24.0 Å². The number of aliphatic hydroxyl groups is 1. The number of hydrogen-bond donors (Lipinski definition) is 3. The van der Waals surface area contributed by atoms with Gasteiger partial charge in [0.25, 0.3) is 0 Å². The number of aromatic nitrogens is 3. The number of guanidine groups is 1. The molecule has 0 aliphatic carbocycles. The molecule has 1 unspecified atom stereocenters. The summed E-state index contributed by atoms with van der Waals surface area (Å²) in [5, 5.41) is 16.4. The molecule has 0 aliphatic heterocycles. The molecule has 3 N–H and O–H groups in total. The van der Waals surface area contributed by atoms with Crippen LogP contribution in [0.15, 0.2) is 41.9 Å². The highest BCUT2D eigenvalue weighted by atomic mass is 127. The van der Waals surface area contributed by atoms with Crippen LogP contribution >= 0.6 is 24.0 Å². The maximum absolute atomic E-state index is 13.5. The van der Waals surface area contributed by atoms with E-state index in [4.69, 9.17) is 0 Å². The fourth-order valence-electron chi connectivity index (χ4n) is 2.64. The molecule has 0 spiro atoms. The fourth-order valence-corrected chi connectivity index (χ4v) is 2.64. The lowest BCUT2D eigenvalue weighted by molar-refractivity contribution is -0.272. The van der Waals surface area contributed by atoms with E-state index in [0.29, 0.717) is 25.6 Å². The fraction of sp³-hybridized carbons (Fsp3) is 0.529. The van der Waals surface area contributed by atoms with Gasteiger partial charge in [0, 0.05) is 64.4 Å². The summed E-state index contributed by atoms with van der Waals surface area (Å²) in [4.78, 5) is 7.84. The number of nitrogens with one attached hydrogen (secondary N) is 2. The second-order valence-corrected chi connectivity index (χ2v) is 6.08. The number of aryl methyl sites for hydroxylation is 1. The lowest BCUT2D eigenvalue weighted by atomic mass is 9.98. The summed E-state index contributed by atoms with van der Waals surface area (Å²) < 4.78 is 43.6. The van der Waals surface area contributed by atoms with Crippen LogP contribution in [0, 0.1) is 0 Å². The smallest absolute Gasteiger partial charge is 0.374 e. The van der Waals surface area contributed by atoms with Gasteiger partial charge in [-0.15, -0.1) is 24.0 Å². The molecule has 0 amide bonds. The summed E-state index contributed by atoms with van der Waals surface area (Å²) in [7, 11) is 1.41. The van der Waals surface area contributed by atoms with Crippen LogP contribution in [0.1, 0.15) is 19.2 Å². The van der Waals surface area contributed by atoms with Crippen LogP contribution in [0.3, 0.4) is 0 Å². The Morgan fingerprint density at radius 2 is 1.89 bits per heavy atom. The molecular formula is C17H26F3IN6O. The van der Waals surface area contributed by atoms with E-state index in [-0.39, 0.29) is 30.5 Å². The minimum Gasteiger partial charge on any atom is -0.374 e. The second kappa shape index (κ2) is 10.7. The first kappa shape index (κ1) is 24.3. The van der Waals surface area contributed by atoms with Crippen molar-refractivity contribution >= 4 is 29.9 Å². The summed E-state index contributed by atoms with van der Waals surface area (Å²) in [5.74, 6) is -0.0511. The summed E-state index contributed by atoms with van der Waals surface area (Å²) in [6.45, 7) is 3.46. The predicted octanol–water partition coefficient (Wildman–Crippen LogP) is 2.23. The number of rotatable bonds is 8. The van der Waals surface area contributed by atoms with Crippen molar-refractivity contribution in [3.63, 3.8) is 0 Å². The van der Waals surface area contributed by atoms with Gasteiger partial charge in [0.15, 0.2) is 5.96 Å². The Morgan fingerprint density at radius 3 is 2.43 bits per heavy atom. The van der Waals surface area contributed by atoms with Crippen molar-refractivity contribution in [2.75, 3.05) is 19.6 Å². The molecule has 2 aromatic heterocycles. The minimum atomic E-state index is -4.86. The first-order chi connectivity index (χ1) is 12.8. The molecule has 0 aliphatic rings. The highest BCUT2D eigenvalue weighted by Gasteiger charge is 2.57. The van der Waals surface area contributed by atoms with Crippen molar-refractivity contribution in [3.8, 4) is 0 Å². The van der Waals surface area contributed by atoms with Crippen LogP contribution in [0.5, 0.6) is 0 Å². The largest absolute Gasteiger partial charge is 0.424 e. The molecule has 0 aromatic carbocycles. The number of aliphatic imine (C=N–C) groups is 1. The standard InChI is InChI=1S/C17H25F3N6O.HI/c1-3-21-15(24-9-13-26-10-4-5-11-26)23-7-6-16(27,17(18,19)20)14-22-8-12-25(14)2;/h4-5,8,10-12,27H,3,6-7,9,13H2,1-2H3,(H2,21,23,24);1H. The summed E-state index contributed by atoms with van der Waals surface area (Å²) in [5.41, 5.74) is -3.06. The van der Waals surface area contributed by atoms with Crippen molar-refractivity contribution in [1.82, 2.24) is 24.8 Å². The second-order valence-electron chi connectivity index (χ2n) is 6.08. The van der Waals surface area contributed by atoms with E-state index in [9.17, 15) is 18.3 Å². The molecule has 2 aromatic rings. The van der Waals surface area contributed by atoms with Crippen LogP contribution < -0.4 is 10.6 Å². The van der Waals surface area contributed by atoms with E-state index in [0.717, 1.165) is 4.57 Å². The topological polar surface area (TPSA) is 79.4 Å². The van der Waals surface area contributed by atoms with Gasteiger partial charge in [0.2, 0.25) is 5.60 Å². The molecule has 2 heterocycles. The zero-order valence-corrected chi connectivity index (χ0v) is 18.1.